The number of oxime groups is 1. The number of anilines is 1. The van der Waals surface area contributed by atoms with Crippen molar-refractivity contribution in [2.75, 3.05) is 11.9 Å². The third-order valence-electron chi connectivity index (χ3n) is 2.75. The van der Waals surface area contributed by atoms with E-state index in [-0.39, 0.29) is 5.91 Å². The number of carbonyl (C=O) groups is 1. The maximum absolute atomic E-state index is 12.3. The van der Waals surface area contributed by atoms with Crippen LogP contribution in [0.2, 0.25) is 0 Å². The van der Waals surface area contributed by atoms with Crippen LogP contribution in [0.5, 0.6) is 0 Å². The Kier molecular flexibility index (Phi) is 3.56. The van der Waals surface area contributed by atoms with E-state index in [0.29, 0.717) is 17.2 Å². The van der Waals surface area contributed by atoms with E-state index in [4.69, 9.17) is 5.21 Å². The lowest BCUT2D eigenvalue weighted by atomic mass is 10.3. The molecule has 0 bridgehead atoms. The van der Waals surface area contributed by atoms with Crippen LogP contribution in [0.25, 0.3) is 0 Å². The molecule has 19 heavy (non-hydrogen) atoms. The number of rotatable bonds is 3. The van der Waals surface area contributed by atoms with Crippen LogP contribution in [0.15, 0.2) is 35.9 Å². The maximum Gasteiger partial charge on any atom is 0.276 e. The summed E-state index contributed by atoms with van der Waals surface area (Å²) in [6.07, 6.45) is 5.85. The number of amides is 1. The highest BCUT2D eigenvalue weighted by molar-refractivity contribution is 6.04. The van der Waals surface area contributed by atoms with Crippen LogP contribution in [0.3, 0.4) is 0 Å². The van der Waals surface area contributed by atoms with Crippen LogP contribution in [0.4, 0.5) is 5.69 Å². The van der Waals surface area contributed by atoms with Crippen molar-refractivity contribution in [1.29, 1.82) is 0 Å². The molecule has 0 unspecified atom stereocenters. The zero-order valence-electron chi connectivity index (χ0n) is 10.6. The monoisotopic (exact) mass is 259 g/mol. The number of imidazole rings is 1. The van der Waals surface area contributed by atoms with Crippen LogP contribution in [0.1, 0.15) is 16.3 Å². The maximum atomic E-state index is 12.3. The zero-order chi connectivity index (χ0) is 13.8. The smallest absolute Gasteiger partial charge is 0.276 e. The number of hydrogen-bond donors (Lipinski definition) is 1. The fourth-order valence-electron chi connectivity index (χ4n) is 1.64. The minimum Gasteiger partial charge on any atom is -0.411 e. The summed E-state index contributed by atoms with van der Waals surface area (Å²) in [6.45, 7) is 0. The molecule has 0 aliphatic heterocycles. The molecule has 2 rings (SSSR count). The molecule has 0 radical (unpaired) electrons. The van der Waals surface area contributed by atoms with Gasteiger partial charge in [0.05, 0.1) is 18.1 Å². The van der Waals surface area contributed by atoms with Gasteiger partial charge in [0.15, 0.2) is 5.82 Å². The summed E-state index contributed by atoms with van der Waals surface area (Å²) in [4.78, 5) is 21.8. The summed E-state index contributed by atoms with van der Waals surface area (Å²) in [5.41, 5.74) is 1.08. The van der Waals surface area contributed by atoms with Crippen LogP contribution in [-0.2, 0) is 7.05 Å². The average Bonchev–Trinajstić information content (AvgIpc) is 2.80. The van der Waals surface area contributed by atoms with E-state index < -0.39 is 0 Å². The summed E-state index contributed by atoms with van der Waals surface area (Å²) in [5, 5.41) is 11.4. The SMILES string of the molecule is CN(C(=O)c1cnc(/C=N\O)n1C)c1cccnc1. The Balaban J connectivity index is 2.30. The molecule has 2 aromatic rings. The van der Waals surface area contributed by atoms with Gasteiger partial charge in [-0.05, 0) is 12.1 Å². The van der Waals surface area contributed by atoms with Gasteiger partial charge < -0.3 is 14.7 Å². The van der Waals surface area contributed by atoms with Crippen LogP contribution >= 0.6 is 0 Å². The molecule has 1 N–H and O–H groups in total. The van der Waals surface area contributed by atoms with Gasteiger partial charge in [0.1, 0.15) is 11.9 Å². The summed E-state index contributed by atoms with van der Waals surface area (Å²) in [5.74, 6) is 0.172. The van der Waals surface area contributed by atoms with Crippen molar-refractivity contribution >= 4 is 17.8 Å². The molecule has 2 heterocycles. The van der Waals surface area contributed by atoms with Crippen molar-refractivity contribution in [2.45, 2.75) is 0 Å². The van der Waals surface area contributed by atoms with E-state index in [2.05, 4.69) is 15.1 Å². The Morgan fingerprint density at radius 2 is 2.32 bits per heavy atom. The first-order valence-electron chi connectivity index (χ1n) is 5.52. The molecule has 0 saturated heterocycles. The predicted molar refractivity (Wildman–Crippen MR) is 69.6 cm³/mol. The van der Waals surface area contributed by atoms with Gasteiger partial charge in [-0.25, -0.2) is 4.98 Å². The Labute approximate surface area is 109 Å². The molecule has 7 heteroatoms. The van der Waals surface area contributed by atoms with E-state index in [1.54, 1.807) is 43.2 Å². The van der Waals surface area contributed by atoms with Gasteiger partial charge in [-0.3, -0.25) is 9.78 Å². The number of hydrogen-bond acceptors (Lipinski definition) is 5. The summed E-state index contributed by atoms with van der Waals surface area (Å²) >= 11 is 0. The molecule has 0 saturated carbocycles. The molecule has 0 aliphatic rings. The first kappa shape index (κ1) is 12.7. The lowest BCUT2D eigenvalue weighted by Crippen LogP contribution is -2.28. The average molecular weight is 259 g/mol. The highest BCUT2D eigenvalue weighted by atomic mass is 16.4. The highest BCUT2D eigenvalue weighted by Crippen LogP contribution is 2.13. The van der Waals surface area contributed by atoms with Gasteiger partial charge >= 0.3 is 0 Å². The molecule has 0 atom stereocenters. The zero-order valence-corrected chi connectivity index (χ0v) is 10.6. The summed E-state index contributed by atoms with van der Waals surface area (Å²) < 4.78 is 1.55. The van der Waals surface area contributed by atoms with Gasteiger partial charge in [0.2, 0.25) is 0 Å². The first-order chi connectivity index (χ1) is 9.15. The van der Waals surface area contributed by atoms with Crippen molar-refractivity contribution in [2.24, 2.45) is 12.2 Å². The van der Waals surface area contributed by atoms with Crippen molar-refractivity contribution < 1.29 is 10.0 Å². The largest absolute Gasteiger partial charge is 0.411 e. The second-order valence-electron chi connectivity index (χ2n) is 3.88. The van der Waals surface area contributed by atoms with Crippen LogP contribution < -0.4 is 4.90 Å². The number of nitrogens with zero attached hydrogens (tertiary/aromatic N) is 5. The number of aromatic nitrogens is 3. The third-order valence-corrected chi connectivity index (χ3v) is 2.75. The van der Waals surface area contributed by atoms with E-state index >= 15 is 0 Å². The van der Waals surface area contributed by atoms with Crippen LogP contribution in [0, 0.1) is 0 Å². The Morgan fingerprint density at radius 3 is 2.95 bits per heavy atom. The van der Waals surface area contributed by atoms with E-state index in [9.17, 15) is 4.79 Å². The Bertz CT molecular complexity index is 606. The minimum atomic E-state index is -0.222. The lowest BCUT2D eigenvalue weighted by Gasteiger charge is -2.16. The number of pyridine rings is 1. The lowest BCUT2D eigenvalue weighted by molar-refractivity contribution is 0.0985. The normalized spacial score (nSPS) is 10.8. The molecule has 1 amide bonds. The summed E-state index contributed by atoms with van der Waals surface area (Å²) in [6, 6.07) is 3.55. The van der Waals surface area contributed by atoms with Crippen molar-refractivity contribution in [3.63, 3.8) is 0 Å². The van der Waals surface area contributed by atoms with Gasteiger partial charge in [-0.2, -0.15) is 0 Å². The predicted octanol–water partition coefficient (Wildman–Crippen LogP) is 0.900. The second kappa shape index (κ2) is 5.30. The highest BCUT2D eigenvalue weighted by Gasteiger charge is 2.18. The van der Waals surface area contributed by atoms with Gasteiger partial charge in [-0.15, -0.1) is 0 Å². The van der Waals surface area contributed by atoms with Crippen molar-refractivity contribution in [1.82, 2.24) is 14.5 Å². The Hall–Kier alpha value is -2.70. The molecule has 0 spiro atoms. The fraction of sp³-hybridized carbons (Fsp3) is 0.167. The van der Waals surface area contributed by atoms with Gasteiger partial charge in [-0.1, -0.05) is 5.16 Å². The molecular weight excluding hydrogens is 246 g/mol. The molecular formula is C12H13N5O2. The van der Waals surface area contributed by atoms with Gasteiger partial charge in [0, 0.05) is 20.3 Å². The van der Waals surface area contributed by atoms with Crippen molar-refractivity contribution in [3.05, 3.63) is 42.2 Å². The minimum absolute atomic E-state index is 0.222. The van der Waals surface area contributed by atoms with Gasteiger partial charge in [0.25, 0.3) is 5.91 Å². The Morgan fingerprint density at radius 1 is 1.53 bits per heavy atom. The second-order valence-corrected chi connectivity index (χ2v) is 3.88. The quantitative estimate of drug-likeness (QED) is 0.504. The van der Waals surface area contributed by atoms with E-state index in [0.717, 1.165) is 0 Å². The molecule has 98 valence electrons. The molecule has 0 aliphatic carbocycles. The van der Waals surface area contributed by atoms with E-state index in [1.165, 1.54) is 17.3 Å². The topological polar surface area (TPSA) is 83.6 Å². The molecule has 0 aromatic carbocycles. The first-order valence-corrected chi connectivity index (χ1v) is 5.52. The van der Waals surface area contributed by atoms with Crippen LogP contribution in [-0.4, -0.2) is 38.9 Å². The molecule has 2 aromatic heterocycles. The van der Waals surface area contributed by atoms with E-state index in [1.807, 2.05) is 0 Å². The molecule has 7 nitrogen and oxygen atoms in total. The number of carbonyl (C=O) groups excluding carboxylic acids is 1. The fourth-order valence-corrected chi connectivity index (χ4v) is 1.64. The molecule has 0 fully saturated rings. The summed E-state index contributed by atoms with van der Waals surface area (Å²) in [7, 11) is 3.33. The van der Waals surface area contributed by atoms with Crippen molar-refractivity contribution in [3.8, 4) is 0 Å². The standard InChI is InChI=1S/C12H13N5O2/c1-16(9-4-3-5-13-6-9)12(18)10-7-14-11(8-15-19)17(10)2/h3-8,19H,1-2H3/b15-8-. The third kappa shape index (κ3) is 2.44.